The van der Waals surface area contributed by atoms with Gasteiger partial charge in [0, 0.05) is 25.4 Å². The summed E-state index contributed by atoms with van der Waals surface area (Å²) in [5, 5.41) is 3.00. The van der Waals surface area contributed by atoms with Crippen molar-refractivity contribution in [3.05, 3.63) is 53.6 Å². The zero-order valence-corrected chi connectivity index (χ0v) is 17.4. The van der Waals surface area contributed by atoms with E-state index < -0.39 is 5.54 Å². The fourth-order valence-corrected chi connectivity index (χ4v) is 4.75. The molecule has 2 atom stereocenters. The molecule has 1 spiro atoms. The Hall–Kier alpha value is -3.22. The molecule has 2 heterocycles. The van der Waals surface area contributed by atoms with Crippen molar-refractivity contribution in [2.75, 3.05) is 27.9 Å². The summed E-state index contributed by atoms with van der Waals surface area (Å²) in [5.41, 5.74) is 0.934. The van der Waals surface area contributed by atoms with Crippen molar-refractivity contribution in [1.29, 1.82) is 0 Å². The first-order valence-corrected chi connectivity index (χ1v) is 9.97. The van der Waals surface area contributed by atoms with E-state index >= 15 is 0 Å². The summed E-state index contributed by atoms with van der Waals surface area (Å²) in [6.45, 7) is 0.837. The maximum absolute atomic E-state index is 13.2. The smallest absolute Gasteiger partial charge is 0.246 e. The highest BCUT2D eigenvalue weighted by Crippen LogP contribution is 2.49. The van der Waals surface area contributed by atoms with Gasteiger partial charge in [-0.15, -0.1) is 0 Å². The van der Waals surface area contributed by atoms with Gasteiger partial charge in [0.1, 0.15) is 5.54 Å². The third kappa shape index (κ3) is 3.05. The van der Waals surface area contributed by atoms with Crippen molar-refractivity contribution in [3.63, 3.8) is 0 Å². The van der Waals surface area contributed by atoms with Crippen LogP contribution >= 0.6 is 0 Å². The van der Waals surface area contributed by atoms with E-state index in [1.54, 1.807) is 26.2 Å². The maximum atomic E-state index is 13.2. The second-order valence-electron chi connectivity index (χ2n) is 7.61. The third-order valence-electron chi connectivity index (χ3n) is 6.21. The predicted octanol–water partition coefficient (Wildman–Crippen LogP) is 2.49. The van der Waals surface area contributed by atoms with Gasteiger partial charge in [-0.1, -0.05) is 30.3 Å². The molecule has 30 heavy (non-hydrogen) atoms. The van der Waals surface area contributed by atoms with E-state index in [4.69, 9.17) is 14.2 Å². The number of carbonyl (C=O) groups excluding carboxylic acids is 2. The minimum Gasteiger partial charge on any atom is -0.493 e. The minimum atomic E-state index is -0.933. The first-order valence-electron chi connectivity index (χ1n) is 9.97. The monoisotopic (exact) mass is 410 g/mol. The summed E-state index contributed by atoms with van der Waals surface area (Å²) in [6.07, 6.45) is 0.826. The van der Waals surface area contributed by atoms with Crippen LogP contribution in [-0.4, -0.2) is 50.1 Å². The average molecular weight is 410 g/mol. The van der Waals surface area contributed by atoms with Crippen molar-refractivity contribution in [2.24, 2.45) is 0 Å². The van der Waals surface area contributed by atoms with Gasteiger partial charge in [-0.05, 0) is 29.7 Å². The van der Waals surface area contributed by atoms with Crippen LogP contribution in [0.2, 0.25) is 0 Å². The Labute approximate surface area is 175 Å². The van der Waals surface area contributed by atoms with E-state index in [9.17, 15) is 9.59 Å². The molecule has 2 amide bonds. The SMILES string of the molecule is COc1cc([C@@H]2CNC(=O)[C@]23CCC(=O)N3Cc2ccccc2)cc(OC)c1OC. The molecule has 0 aliphatic carbocycles. The van der Waals surface area contributed by atoms with Crippen molar-refractivity contribution in [3.8, 4) is 17.2 Å². The highest BCUT2D eigenvalue weighted by molar-refractivity contribution is 5.97. The fourth-order valence-electron chi connectivity index (χ4n) is 4.75. The largest absolute Gasteiger partial charge is 0.493 e. The summed E-state index contributed by atoms with van der Waals surface area (Å²) in [6, 6.07) is 13.5. The molecule has 158 valence electrons. The number of ether oxygens (including phenoxy) is 3. The van der Waals surface area contributed by atoms with Crippen molar-refractivity contribution in [2.45, 2.75) is 30.8 Å². The van der Waals surface area contributed by atoms with Gasteiger partial charge < -0.3 is 24.4 Å². The number of carbonyl (C=O) groups is 2. The molecule has 0 saturated carbocycles. The summed E-state index contributed by atoms with van der Waals surface area (Å²) < 4.78 is 16.5. The molecule has 7 heteroatoms. The molecule has 2 aromatic carbocycles. The van der Waals surface area contributed by atoms with Gasteiger partial charge in [0.05, 0.1) is 21.3 Å². The molecule has 2 aromatic rings. The molecule has 0 radical (unpaired) electrons. The van der Waals surface area contributed by atoms with Crippen LogP contribution in [0.3, 0.4) is 0 Å². The van der Waals surface area contributed by atoms with E-state index in [0.717, 1.165) is 11.1 Å². The molecule has 7 nitrogen and oxygen atoms in total. The summed E-state index contributed by atoms with van der Waals surface area (Å²) >= 11 is 0. The van der Waals surface area contributed by atoms with Crippen LogP contribution < -0.4 is 19.5 Å². The number of hydrogen-bond donors (Lipinski definition) is 1. The molecule has 2 saturated heterocycles. The van der Waals surface area contributed by atoms with Crippen molar-refractivity contribution < 1.29 is 23.8 Å². The first kappa shape index (κ1) is 20.1. The number of likely N-dealkylation sites (tertiary alicyclic amines) is 1. The number of hydrogen-bond acceptors (Lipinski definition) is 5. The molecule has 4 rings (SSSR count). The normalized spacial score (nSPS) is 23.0. The Morgan fingerprint density at radius 2 is 1.70 bits per heavy atom. The topological polar surface area (TPSA) is 77.1 Å². The fraction of sp³-hybridized carbons (Fsp3) is 0.391. The quantitative estimate of drug-likeness (QED) is 0.792. The van der Waals surface area contributed by atoms with Crippen LogP contribution in [0.4, 0.5) is 0 Å². The highest BCUT2D eigenvalue weighted by Gasteiger charge is 2.59. The van der Waals surface area contributed by atoms with Gasteiger partial charge in [0.15, 0.2) is 11.5 Å². The van der Waals surface area contributed by atoms with Crippen molar-refractivity contribution >= 4 is 11.8 Å². The molecule has 1 N–H and O–H groups in total. The van der Waals surface area contributed by atoms with Gasteiger partial charge in [0.25, 0.3) is 0 Å². The molecular formula is C23H26N2O5. The lowest BCUT2D eigenvalue weighted by molar-refractivity contribution is -0.140. The lowest BCUT2D eigenvalue weighted by Gasteiger charge is -2.38. The van der Waals surface area contributed by atoms with Gasteiger partial charge in [-0.25, -0.2) is 0 Å². The number of methoxy groups -OCH3 is 3. The van der Waals surface area contributed by atoms with Crippen LogP contribution in [0.25, 0.3) is 0 Å². The van der Waals surface area contributed by atoms with Crippen LogP contribution in [0.15, 0.2) is 42.5 Å². The van der Waals surface area contributed by atoms with Gasteiger partial charge in [-0.3, -0.25) is 9.59 Å². The molecule has 2 aliphatic heterocycles. The second-order valence-corrected chi connectivity index (χ2v) is 7.61. The van der Waals surface area contributed by atoms with E-state index in [1.807, 2.05) is 42.5 Å². The lowest BCUT2D eigenvalue weighted by Crippen LogP contribution is -2.53. The average Bonchev–Trinajstić information content (AvgIpc) is 3.28. The molecule has 2 aliphatic rings. The summed E-state index contributed by atoms with van der Waals surface area (Å²) in [4.78, 5) is 27.8. The van der Waals surface area contributed by atoms with Crippen LogP contribution in [-0.2, 0) is 16.1 Å². The highest BCUT2D eigenvalue weighted by atomic mass is 16.5. The van der Waals surface area contributed by atoms with Gasteiger partial charge >= 0.3 is 0 Å². The summed E-state index contributed by atoms with van der Waals surface area (Å²) in [7, 11) is 4.69. The molecule has 2 fully saturated rings. The number of rotatable bonds is 6. The number of nitrogens with one attached hydrogen (secondary N) is 1. The first-order chi connectivity index (χ1) is 14.5. The molecule has 0 bridgehead atoms. The number of benzene rings is 2. The Balaban J connectivity index is 1.79. The minimum absolute atomic E-state index is 0.00616. The van der Waals surface area contributed by atoms with Crippen LogP contribution in [0, 0.1) is 0 Å². The van der Waals surface area contributed by atoms with Crippen molar-refractivity contribution in [1.82, 2.24) is 10.2 Å². The van der Waals surface area contributed by atoms with Crippen LogP contribution in [0.5, 0.6) is 17.2 Å². The maximum Gasteiger partial charge on any atom is 0.246 e. The Morgan fingerprint density at radius 3 is 2.30 bits per heavy atom. The lowest BCUT2D eigenvalue weighted by atomic mass is 9.79. The van der Waals surface area contributed by atoms with E-state index in [0.29, 0.717) is 43.2 Å². The van der Waals surface area contributed by atoms with E-state index in [-0.39, 0.29) is 17.7 Å². The zero-order valence-electron chi connectivity index (χ0n) is 17.4. The Morgan fingerprint density at radius 1 is 1.03 bits per heavy atom. The predicted molar refractivity (Wildman–Crippen MR) is 111 cm³/mol. The van der Waals surface area contributed by atoms with Gasteiger partial charge in [0.2, 0.25) is 17.6 Å². The van der Waals surface area contributed by atoms with Crippen LogP contribution in [0.1, 0.15) is 29.9 Å². The number of amides is 2. The molecule has 0 unspecified atom stereocenters. The third-order valence-corrected chi connectivity index (χ3v) is 6.21. The second kappa shape index (κ2) is 7.89. The summed E-state index contributed by atoms with van der Waals surface area (Å²) in [5.74, 6) is 1.21. The Kier molecular flexibility index (Phi) is 5.28. The standard InChI is InChI=1S/C23H26N2O5/c1-28-18-11-16(12-19(29-2)21(18)30-3)17-13-24-22(27)23(17)10-9-20(26)25(23)14-15-7-5-4-6-8-15/h4-8,11-12,17H,9-10,13-14H2,1-3H3,(H,24,27)/t17-,23-/m0/s1. The van der Waals surface area contributed by atoms with E-state index in [1.165, 1.54) is 0 Å². The van der Waals surface area contributed by atoms with E-state index in [2.05, 4.69) is 5.32 Å². The molecule has 0 aromatic heterocycles. The van der Waals surface area contributed by atoms with Gasteiger partial charge in [-0.2, -0.15) is 0 Å². The Bertz CT molecular complexity index is 936. The molecular weight excluding hydrogens is 384 g/mol. The number of nitrogens with zero attached hydrogens (tertiary/aromatic N) is 1. The zero-order chi connectivity index (χ0) is 21.3.